The summed E-state index contributed by atoms with van der Waals surface area (Å²) < 4.78 is 5.34. The summed E-state index contributed by atoms with van der Waals surface area (Å²) in [5.41, 5.74) is 0.833. The van der Waals surface area contributed by atoms with E-state index in [9.17, 15) is 4.79 Å². The Labute approximate surface area is 112 Å². The van der Waals surface area contributed by atoms with Crippen LogP contribution in [-0.2, 0) is 4.79 Å². The molecule has 0 bridgehead atoms. The number of hydrogen-bond donors (Lipinski definition) is 2. The first kappa shape index (κ1) is 12.8. The molecule has 0 aromatic heterocycles. The number of benzene rings is 1. The Bertz CT molecular complexity index is 441. The lowest BCUT2D eigenvalue weighted by molar-refractivity contribution is -0.120. The monoisotopic (exact) mass is 264 g/mol. The van der Waals surface area contributed by atoms with Crippen molar-refractivity contribution in [1.82, 2.24) is 5.32 Å². The van der Waals surface area contributed by atoms with E-state index >= 15 is 0 Å². The predicted octanol–water partition coefficient (Wildman–Crippen LogP) is 2.31. The van der Waals surface area contributed by atoms with Crippen LogP contribution in [0, 0.1) is 5.92 Å². The Kier molecular flexibility index (Phi) is 4.15. The van der Waals surface area contributed by atoms with Gasteiger partial charge in [0, 0.05) is 11.6 Å². The van der Waals surface area contributed by atoms with Crippen molar-refractivity contribution in [3.8, 4) is 5.75 Å². The molecular weight excluding hydrogens is 248 g/mol. The van der Waals surface area contributed by atoms with Gasteiger partial charge in [-0.25, -0.2) is 0 Å². The molecule has 0 spiro atoms. The molecule has 2 N–H and O–H groups in total. The van der Waals surface area contributed by atoms with Crippen LogP contribution in [0.4, 0.5) is 5.69 Å². The smallest absolute Gasteiger partial charge is 0.229 e. The lowest BCUT2D eigenvalue weighted by atomic mass is 10.3. The number of carbonyl (C=O) groups is 1. The van der Waals surface area contributed by atoms with Crippen molar-refractivity contribution in [3.05, 3.63) is 24.3 Å². The highest BCUT2D eigenvalue weighted by Crippen LogP contribution is 2.28. The fourth-order valence-corrected chi connectivity index (χ4v) is 1.74. The number of nitrogens with one attached hydrogen (secondary N) is 2. The first-order chi connectivity index (χ1) is 8.69. The summed E-state index contributed by atoms with van der Waals surface area (Å²) in [7, 11) is 0. The highest BCUT2D eigenvalue weighted by Gasteiger charge is 2.29. The van der Waals surface area contributed by atoms with Gasteiger partial charge in [-0.15, -0.1) is 0 Å². The van der Waals surface area contributed by atoms with Gasteiger partial charge in [0.15, 0.2) is 5.11 Å². The molecule has 0 atom stereocenters. The minimum absolute atomic E-state index is 0.0124. The van der Waals surface area contributed by atoms with Gasteiger partial charge in [-0.3, -0.25) is 4.79 Å². The van der Waals surface area contributed by atoms with E-state index in [1.165, 1.54) is 0 Å². The van der Waals surface area contributed by atoms with E-state index in [-0.39, 0.29) is 11.8 Å². The Morgan fingerprint density at radius 1 is 1.39 bits per heavy atom. The molecule has 1 aliphatic carbocycles. The fourth-order valence-electron chi connectivity index (χ4n) is 1.52. The number of ether oxygens (including phenoxy) is 1. The summed E-state index contributed by atoms with van der Waals surface area (Å²) in [6, 6.07) is 7.44. The Balaban J connectivity index is 1.84. The number of amides is 1. The molecule has 1 aliphatic rings. The number of anilines is 1. The van der Waals surface area contributed by atoms with Gasteiger partial charge in [0.25, 0.3) is 0 Å². The molecule has 1 amide bonds. The minimum Gasteiger partial charge on any atom is -0.494 e. The number of hydrogen-bond acceptors (Lipinski definition) is 3. The predicted molar refractivity (Wildman–Crippen MR) is 74.7 cm³/mol. The van der Waals surface area contributed by atoms with Gasteiger partial charge >= 0.3 is 0 Å². The van der Waals surface area contributed by atoms with Crippen LogP contribution >= 0.6 is 12.2 Å². The normalized spacial score (nSPS) is 13.8. The second kappa shape index (κ2) is 5.82. The second-order valence-electron chi connectivity index (χ2n) is 4.18. The summed E-state index contributed by atoms with van der Waals surface area (Å²) >= 11 is 5.07. The van der Waals surface area contributed by atoms with E-state index in [4.69, 9.17) is 17.0 Å². The standard InChI is InChI=1S/C13H16N2O2S/c1-2-17-11-7-5-10(6-8-11)14-13(18)15-12(16)9-3-4-9/h5-9H,2-4H2,1H3,(H2,14,15,16,18). The summed E-state index contributed by atoms with van der Waals surface area (Å²) in [5.74, 6) is 0.986. The van der Waals surface area contributed by atoms with Crippen LogP contribution in [0.3, 0.4) is 0 Å². The lowest BCUT2D eigenvalue weighted by Crippen LogP contribution is -2.35. The molecule has 2 rings (SSSR count). The van der Waals surface area contributed by atoms with Gasteiger partial charge in [0.05, 0.1) is 6.61 Å². The van der Waals surface area contributed by atoms with Crippen molar-refractivity contribution >= 4 is 28.9 Å². The maximum absolute atomic E-state index is 11.5. The zero-order valence-corrected chi connectivity index (χ0v) is 11.0. The van der Waals surface area contributed by atoms with Gasteiger partial charge in [-0.1, -0.05) is 0 Å². The number of thiocarbonyl (C=S) groups is 1. The third kappa shape index (κ3) is 3.70. The number of rotatable bonds is 4. The Morgan fingerprint density at radius 2 is 2.06 bits per heavy atom. The molecule has 0 heterocycles. The molecule has 4 nitrogen and oxygen atoms in total. The third-order valence-electron chi connectivity index (χ3n) is 2.61. The molecule has 0 saturated heterocycles. The average Bonchev–Trinajstić information content (AvgIpc) is 3.16. The van der Waals surface area contributed by atoms with Crippen LogP contribution in [0.15, 0.2) is 24.3 Å². The van der Waals surface area contributed by atoms with E-state index in [1.807, 2.05) is 31.2 Å². The van der Waals surface area contributed by atoms with Crippen LogP contribution in [0.2, 0.25) is 0 Å². The van der Waals surface area contributed by atoms with E-state index in [0.29, 0.717) is 11.7 Å². The topological polar surface area (TPSA) is 50.4 Å². The summed E-state index contributed by atoms with van der Waals surface area (Å²) in [4.78, 5) is 11.5. The molecule has 0 unspecified atom stereocenters. The van der Waals surface area contributed by atoms with Crippen molar-refractivity contribution in [2.45, 2.75) is 19.8 Å². The molecule has 1 aromatic carbocycles. The van der Waals surface area contributed by atoms with Gasteiger partial charge in [-0.05, 0) is 56.2 Å². The maximum Gasteiger partial charge on any atom is 0.229 e. The summed E-state index contributed by atoms with van der Waals surface area (Å²) in [5, 5.41) is 5.99. The first-order valence-corrected chi connectivity index (χ1v) is 6.44. The molecule has 0 radical (unpaired) electrons. The Morgan fingerprint density at radius 3 is 2.61 bits per heavy atom. The van der Waals surface area contributed by atoms with Crippen LogP contribution in [-0.4, -0.2) is 17.6 Å². The largest absolute Gasteiger partial charge is 0.494 e. The van der Waals surface area contributed by atoms with Gasteiger partial charge in [0.1, 0.15) is 5.75 Å². The average molecular weight is 264 g/mol. The van der Waals surface area contributed by atoms with Gasteiger partial charge < -0.3 is 15.4 Å². The van der Waals surface area contributed by atoms with Crippen LogP contribution in [0.25, 0.3) is 0 Å². The van der Waals surface area contributed by atoms with Crippen molar-refractivity contribution in [2.24, 2.45) is 5.92 Å². The highest BCUT2D eigenvalue weighted by molar-refractivity contribution is 7.80. The second-order valence-corrected chi connectivity index (χ2v) is 4.58. The van der Waals surface area contributed by atoms with E-state index in [1.54, 1.807) is 0 Å². The van der Waals surface area contributed by atoms with Crippen LogP contribution < -0.4 is 15.4 Å². The zero-order valence-electron chi connectivity index (χ0n) is 10.2. The highest BCUT2D eigenvalue weighted by atomic mass is 32.1. The molecule has 1 fully saturated rings. The molecule has 1 aromatic rings. The molecule has 1 saturated carbocycles. The van der Waals surface area contributed by atoms with Gasteiger partial charge in [-0.2, -0.15) is 0 Å². The Hall–Kier alpha value is -1.62. The van der Waals surface area contributed by atoms with Crippen molar-refractivity contribution < 1.29 is 9.53 Å². The van der Waals surface area contributed by atoms with E-state index in [2.05, 4.69) is 10.6 Å². The zero-order chi connectivity index (χ0) is 13.0. The van der Waals surface area contributed by atoms with Gasteiger partial charge in [0.2, 0.25) is 5.91 Å². The quantitative estimate of drug-likeness (QED) is 0.819. The van der Waals surface area contributed by atoms with E-state index < -0.39 is 0 Å². The van der Waals surface area contributed by atoms with Crippen LogP contribution in [0.5, 0.6) is 5.75 Å². The van der Waals surface area contributed by atoms with Crippen molar-refractivity contribution in [1.29, 1.82) is 0 Å². The third-order valence-corrected chi connectivity index (χ3v) is 2.81. The van der Waals surface area contributed by atoms with Crippen LogP contribution in [0.1, 0.15) is 19.8 Å². The molecule has 96 valence electrons. The summed E-state index contributed by atoms with van der Waals surface area (Å²) in [6.45, 7) is 2.58. The van der Waals surface area contributed by atoms with Crippen molar-refractivity contribution in [3.63, 3.8) is 0 Å². The first-order valence-electron chi connectivity index (χ1n) is 6.03. The lowest BCUT2D eigenvalue weighted by Gasteiger charge is -2.10. The SMILES string of the molecule is CCOc1ccc(NC(=S)NC(=O)C2CC2)cc1. The van der Waals surface area contributed by atoms with E-state index in [0.717, 1.165) is 24.3 Å². The molecule has 5 heteroatoms. The number of carbonyl (C=O) groups excluding carboxylic acids is 1. The molecule has 0 aliphatic heterocycles. The maximum atomic E-state index is 11.5. The summed E-state index contributed by atoms with van der Waals surface area (Å²) in [6.07, 6.45) is 1.94. The molecular formula is C13H16N2O2S. The molecule has 18 heavy (non-hydrogen) atoms. The fraction of sp³-hybridized carbons (Fsp3) is 0.385. The minimum atomic E-state index is 0.0124. The van der Waals surface area contributed by atoms with Crippen molar-refractivity contribution in [2.75, 3.05) is 11.9 Å².